The quantitative estimate of drug-likeness (QED) is 0.151. The van der Waals surface area contributed by atoms with Crippen molar-refractivity contribution >= 4 is 35.6 Å². The summed E-state index contributed by atoms with van der Waals surface area (Å²) in [6, 6.07) is -3.83. The summed E-state index contributed by atoms with van der Waals surface area (Å²) in [6.45, 7) is 2.75. The second kappa shape index (κ2) is 13.1. The third-order valence-electron chi connectivity index (χ3n) is 4.26. The molecule has 0 aromatic carbocycles. The Morgan fingerprint density at radius 3 is 2.07 bits per heavy atom. The Morgan fingerprint density at radius 2 is 1.60 bits per heavy atom. The largest absolute Gasteiger partial charge is 0.481 e. The molecule has 4 atom stereocenters. The topological polar surface area (TPSA) is 231 Å². The van der Waals surface area contributed by atoms with Gasteiger partial charge in [0.1, 0.15) is 12.1 Å². The highest BCUT2D eigenvalue weighted by Gasteiger charge is 2.30. The molecule has 4 unspecified atom stereocenters. The van der Waals surface area contributed by atoms with E-state index in [1.54, 1.807) is 13.8 Å². The lowest BCUT2D eigenvalue weighted by Crippen LogP contribution is -2.55. The van der Waals surface area contributed by atoms with E-state index in [9.17, 15) is 33.9 Å². The number of rotatable bonds is 14. The summed E-state index contributed by atoms with van der Waals surface area (Å²) in [5.74, 6) is -6.28. The van der Waals surface area contributed by atoms with Crippen LogP contribution in [0.1, 0.15) is 39.5 Å². The van der Waals surface area contributed by atoms with Crippen molar-refractivity contribution in [2.45, 2.75) is 57.7 Å². The van der Waals surface area contributed by atoms with E-state index >= 15 is 0 Å². The van der Waals surface area contributed by atoms with Gasteiger partial charge in [-0.25, -0.2) is 4.79 Å². The van der Waals surface area contributed by atoms with Gasteiger partial charge in [-0.2, -0.15) is 0 Å². The highest BCUT2D eigenvalue weighted by molar-refractivity contribution is 5.95. The zero-order chi connectivity index (χ0) is 23.4. The number of primary amides is 1. The van der Waals surface area contributed by atoms with Gasteiger partial charge in [-0.05, 0) is 12.3 Å². The molecule has 0 fully saturated rings. The molecule has 0 spiro atoms. The van der Waals surface area contributed by atoms with Crippen molar-refractivity contribution in [2.24, 2.45) is 17.4 Å². The van der Waals surface area contributed by atoms with Crippen LogP contribution in [0, 0.1) is 5.92 Å². The van der Waals surface area contributed by atoms with E-state index in [2.05, 4.69) is 16.0 Å². The summed E-state index contributed by atoms with van der Waals surface area (Å²) in [6.07, 6.45) is -0.598. The molecule has 0 aliphatic rings. The van der Waals surface area contributed by atoms with Gasteiger partial charge < -0.3 is 37.6 Å². The molecule has 0 aliphatic carbocycles. The molecule has 4 amide bonds. The molecule has 0 heterocycles. The molecule has 0 saturated heterocycles. The Morgan fingerprint density at radius 1 is 1.00 bits per heavy atom. The molecule has 170 valence electrons. The maximum absolute atomic E-state index is 12.4. The molecule has 0 saturated carbocycles. The first-order chi connectivity index (χ1) is 13.9. The fraction of sp³-hybridized carbons (Fsp3) is 0.647. The van der Waals surface area contributed by atoms with E-state index in [0.717, 1.165) is 0 Å². The number of nitrogens with one attached hydrogen (secondary N) is 3. The number of carbonyl (C=O) groups excluding carboxylic acids is 4. The van der Waals surface area contributed by atoms with E-state index in [-0.39, 0.29) is 12.8 Å². The van der Waals surface area contributed by atoms with Crippen molar-refractivity contribution in [3.8, 4) is 0 Å². The average molecular weight is 431 g/mol. The highest BCUT2D eigenvalue weighted by Crippen LogP contribution is 2.08. The average Bonchev–Trinajstić information content (AvgIpc) is 2.66. The van der Waals surface area contributed by atoms with Gasteiger partial charge in [0.15, 0.2) is 0 Å². The Labute approximate surface area is 172 Å². The summed E-state index contributed by atoms with van der Waals surface area (Å²) in [7, 11) is 0. The first-order valence-electron chi connectivity index (χ1n) is 9.24. The lowest BCUT2D eigenvalue weighted by molar-refractivity contribution is -0.144. The van der Waals surface area contributed by atoms with Crippen LogP contribution in [0.2, 0.25) is 0 Å². The van der Waals surface area contributed by atoms with Crippen LogP contribution in [0.25, 0.3) is 0 Å². The van der Waals surface area contributed by atoms with Crippen LogP contribution in [-0.2, 0) is 28.8 Å². The number of carbonyl (C=O) groups is 6. The van der Waals surface area contributed by atoms with Gasteiger partial charge in [-0.1, -0.05) is 20.3 Å². The highest BCUT2D eigenvalue weighted by atomic mass is 16.4. The van der Waals surface area contributed by atoms with Crippen molar-refractivity contribution in [3.63, 3.8) is 0 Å². The van der Waals surface area contributed by atoms with Crippen LogP contribution in [0.5, 0.6) is 0 Å². The Kier molecular flexibility index (Phi) is 11.7. The van der Waals surface area contributed by atoms with Crippen LogP contribution in [0.15, 0.2) is 0 Å². The molecular formula is C17H29N5O8. The molecule has 0 aliphatic heterocycles. The molecule has 0 aromatic heterocycles. The van der Waals surface area contributed by atoms with Gasteiger partial charge in [0.2, 0.25) is 23.6 Å². The molecule has 0 bridgehead atoms. The molecule has 13 heteroatoms. The predicted molar refractivity (Wildman–Crippen MR) is 103 cm³/mol. The minimum Gasteiger partial charge on any atom is -0.481 e. The smallest absolute Gasteiger partial charge is 0.326 e. The first-order valence-corrected chi connectivity index (χ1v) is 9.24. The van der Waals surface area contributed by atoms with Crippen molar-refractivity contribution in [3.05, 3.63) is 0 Å². The van der Waals surface area contributed by atoms with Crippen molar-refractivity contribution < 1.29 is 39.0 Å². The van der Waals surface area contributed by atoms with Crippen LogP contribution in [0.3, 0.4) is 0 Å². The number of carboxylic acid groups (broad SMARTS) is 2. The van der Waals surface area contributed by atoms with Crippen LogP contribution < -0.4 is 27.4 Å². The SMILES string of the molecule is CCC(C)C(NC(=O)C(CC(N)=O)NC(=O)CNC(=O)C(N)CCC(=O)O)C(=O)O. The van der Waals surface area contributed by atoms with Gasteiger partial charge in [0.05, 0.1) is 19.0 Å². The van der Waals surface area contributed by atoms with E-state index in [1.165, 1.54) is 0 Å². The fourth-order valence-corrected chi connectivity index (χ4v) is 2.30. The first kappa shape index (κ1) is 26.8. The summed E-state index contributed by atoms with van der Waals surface area (Å²) in [4.78, 5) is 69.2. The van der Waals surface area contributed by atoms with Crippen LogP contribution in [0.4, 0.5) is 0 Å². The van der Waals surface area contributed by atoms with E-state index in [1.807, 2.05) is 0 Å². The van der Waals surface area contributed by atoms with Gasteiger partial charge in [0, 0.05) is 6.42 Å². The Hall–Kier alpha value is -3.22. The second-order valence-electron chi connectivity index (χ2n) is 6.76. The number of amides is 4. The van der Waals surface area contributed by atoms with Gasteiger partial charge in [-0.15, -0.1) is 0 Å². The molecule has 0 aromatic rings. The minimum atomic E-state index is -1.45. The summed E-state index contributed by atoms with van der Waals surface area (Å²) < 4.78 is 0. The molecular weight excluding hydrogens is 402 g/mol. The van der Waals surface area contributed by atoms with Gasteiger partial charge >= 0.3 is 11.9 Å². The zero-order valence-electron chi connectivity index (χ0n) is 16.8. The van der Waals surface area contributed by atoms with E-state index in [4.69, 9.17) is 16.6 Å². The molecule has 0 radical (unpaired) electrons. The number of nitrogens with two attached hydrogens (primary N) is 2. The standard InChI is InChI=1S/C17H29N5O8/c1-3-8(2)14(17(29)30)22-16(28)10(6-11(19)23)21-12(24)7-20-15(27)9(18)4-5-13(25)26/h8-10,14H,3-7,18H2,1-2H3,(H2,19,23)(H,20,27)(H,21,24)(H,22,28)(H,25,26)(H,29,30). The number of hydrogen-bond donors (Lipinski definition) is 7. The van der Waals surface area contributed by atoms with Crippen LogP contribution >= 0.6 is 0 Å². The maximum atomic E-state index is 12.4. The molecule has 0 rings (SSSR count). The van der Waals surface area contributed by atoms with Gasteiger partial charge in [0.25, 0.3) is 0 Å². The van der Waals surface area contributed by atoms with Crippen molar-refractivity contribution in [2.75, 3.05) is 6.54 Å². The Balaban J connectivity index is 4.91. The normalized spacial score (nSPS) is 14.5. The second-order valence-corrected chi connectivity index (χ2v) is 6.76. The summed E-state index contributed by atoms with van der Waals surface area (Å²) >= 11 is 0. The number of carboxylic acids is 2. The molecule has 13 nitrogen and oxygen atoms in total. The van der Waals surface area contributed by atoms with Crippen molar-refractivity contribution in [1.82, 2.24) is 16.0 Å². The molecule has 30 heavy (non-hydrogen) atoms. The lowest BCUT2D eigenvalue weighted by atomic mass is 9.98. The number of hydrogen-bond acceptors (Lipinski definition) is 7. The van der Waals surface area contributed by atoms with E-state index in [0.29, 0.717) is 6.42 Å². The lowest BCUT2D eigenvalue weighted by Gasteiger charge is -2.24. The number of aliphatic carboxylic acids is 2. The third-order valence-corrected chi connectivity index (χ3v) is 4.26. The van der Waals surface area contributed by atoms with Crippen LogP contribution in [-0.4, -0.2) is 70.5 Å². The Bertz CT molecular complexity index is 669. The summed E-state index contributed by atoms with van der Waals surface area (Å²) in [5.41, 5.74) is 10.6. The monoisotopic (exact) mass is 431 g/mol. The van der Waals surface area contributed by atoms with E-state index < -0.39 is 72.6 Å². The van der Waals surface area contributed by atoms with Gasteiger partial charge in [-0.3, -0.25) is 24.0 Å². The maximum Gasteiger partial charge on any atom is 0.326 e. The fourth-order valence-electron chi connectivity index (χ4n) is 2.30. The zero-order valence-corrected chi connectivity index (χ0v) is 16.8. The minimum absolute atomic E-state index is 0.137. The third kappa shape index (κ3) is 10.4. The van der Waals surface area contributed by atoms with Crippen molar-refractivity contribution in [1.29, 1.82) is 0 Å². The predicted octanol–water partition coefficient (Wildman–Crippen LogP) is -2.73. The molecule has 9 N–H and O–H groups in total. The summed E-state index contributed by atoms with van der Waals surface area (Å²) in [5, 5.41) is 24.5.